The molecule has 0 unspecified atom stereocenters. The van der Waals surface area contributed by atoms with Crippen LogP contribution in [0, 0.1) is 0 Å². The van der Waals surface area contributed by atoms with E-state index in [1.807, 2.05) is 5.51 Å². The first-order valence-electron chi connectivity index (χ1n) is 5.44. The van der Waals surface area contributed by atoms with Crippen molar-refractivity contribution in [3.05, 3.63) is 16.6 Å². The monoisotopic (exact) mass is 210 g/mol. The summed E-state index contributed by atoms with van der Waals surface area (Å²) in [6.07, 6.45) is 8.61. The van der Waals surface area contributed by atoms with E-state index in [1.54, 1.807) is 11.3 Å². The molecule has 1 saturated carbocycles. The van der Waals surface area contributed by atoms with Crippen molar-refractivity contribution < 1.29 is 0 Å². The summed E-state index contributed by atoms with van der Waals surface area (Å²) in [6, 6.07) is 0. The second-order valence-corrected chi connectivity index (χ2v) is 5.15. The summed E-state index contributed by atoms with van der Waals surface area (Å²) in [5.41, 5.74) is 9.53. The van der Waals surface area contributed by atoms with Crippen LogP contribution < -0.4 is 5.73 Å². The number of thiazole rings is 1. The molecular formula is C11H18N2S. The normalized spacial score (nSPS) is 21.8. The molecule has 1 fully saturated rings. The highest BCUT2D eigenvalue weighted by Gasteiger charge is 2.26. The first kappa shape index (κ1) is 10.1. The van der Waals surface area contributed by atoms with Gasteiger partial charge in [-0.25, -0.2) is 4.98 Å². The Bertz CT molecular complexity index is 261. The van der Waals surface area contributed by atoms with Gasteiger partial charge in [-0.1, -0.05) is 25.7 Å². The Balaban J connectivity index is 1.99. The highest BCUT2D eigenvalue weighted by molar-refractivity contribution is 7.07. The number of aromatic nitrogens is 1. The smallest absolute Gasteiger partial charge is 0.0794 e. The maximum atomic E-state index is 6.41. The Kier molecular flexibility index (Phi) is 3.19. The fraction of sp³-hybridized carbons (Fsp3) is 0.727. The summed E-state index contributed by atoms with van der Waals surface area (Å²) in [7, 11) is 0. The van der Waals surface area contributed by atoms with Crippen LogP contribution in [-0.4, -0.2) is 10.5 Å². The third-order valence-electron chi connectivity index (χ3n) is 3.12. The van der Waals surface area contributed by atoms with Gasteiger partial charge in [0.15, 0.2) is 0 Å². The highest BCUT2D eigenvalue weighted by Crippen LogP contribution is 2.27. The molecule has 2 rings (SSSR count). The largest absolute Gasteiger partial charge is 0.325 e. The maximum Gasteiger partial charge on any atom is 0.0794 e. The third-order valence-corrected chi connectivity index (χ3v) is 3.75. The summed E-state index contributed by atoms with van der Waals surface area (Å²) in [6.45, 7) is 0. The number of nitrogens with zero attached hydrogens (tertiary/aromatic N) is 1. The minimum absolute atomic E-state index is 0.0323. The minimum atomic E-state index is 0.0323. The quantitative estimate of drug-likeness (QED) is 0.762. The minimum Gasteiger partial charge on any atom is -0.325 e. The second-order valence-electron chi connectivity index (χ2n) is 4.43. The summed E-state index contributed by atoms with van der Waals surface area (Å²) in [5, 5.41) is 2.12. The Hall–Kier alpha value is -0.410. The summed E-state index contributed by atoms with van der Waals surface area (Å²) < 4.78 is 0. The van der Waals surface area contributed by atoms with E-state index in [4.69, 9.17) is 5.73 Å². The standard InChI is InChI=1S/C11H18N2S/c12-11(5-3-1-2-4-6-11)7-10-8-14-9-13-10/h8-9H,1-7,12H2. The third kappa shape index (κ3) is 2.55. The van der Waals surface area contributed by atoms with Crippen molar-refractivity contribution in [2.45, 2.75) is 50.5 Å². The van der Waals surface area contributed by atoms with Crippen LogP contribution in [0.3, 0.4) is 0 Å². The first-order chi connectivity index (χ1) is 6.79. The zero-order chi connectivity index (χ0) is 9.86. The molecule has 1 aromatic rings. The second kappa shape index (κ2) is 4.41. The summed E-state index contributed by atoms with van der Waals surface area (Å²) in [4.78, 5) is 4.32. The van der Waals surface area contributed by atoms with E-state index >= 15 is 0 Å². The van der Waals surface area contributed by atoms with Crippen molar-refractivity contribution in [2.75, 3.05) is 0 Å². The van der Waals surface area contributed by atoms with Gasteiger partial charge < -0.3 is 5.73 Å². The van der Waals surface area contributed by atoms with E-state index < -0.39 is 0 Å². The van der Waals surface area contributed by atoms with Gasteiger partial charge in [-0.05, 0) is 12.8 Å². The van der Waals surface area contributed by atoms with Gasteiger partial charge in [0, 0.05) is 17.3 Å². The van der Waals surface area contributed by atoms with E-state index in [0.29, 0.717) is 0 Å². The Labute approximate surface area is 89.5 Å². The average Bonchev–Trinajstić information content (AvgIpc) is 2.55. The van der Waals surface area contributed by atoms with Crippen LogP contribution in [0.4, 0.5) is 0 Å². The van der Waals surface area contributed by atoms with Crippen LogP contribution in [0.25, 0.3) is 0 Å². The molecule has 0 radical (unpaired) electrons. The molecule has 1 aliphatic rings. The maximum absolute atomic E-state index is 6.41. The molecule has 1 aliphatic carbocycles. The molecule has 2 nitrogen and oxygen atoms in total. The molecule has 0 aliphatic heterocycles. The van der Waals surface area contributed by atoms with Crippen molar-refractivity contribution in [3.63, 3.8) is 0 Å². The molecule has 0 atom stereocenters. The van der Waals surface area contributed by atoms with Gasteiger partial charge >= 0.3 is 0 Å². The average molecular weight is 210 g/mol. The predicted octanol–water partition coefficient (Wildman–Crippen LogP) is 2.74. The summed E-state index contributed by atoms with van der Waals surface area (Å²) >= 11 is 1.67. The van der Waals surface area contributed by atoms with Crippen molar-refractivity contribution in [1.29, 1.82) is 0 Å². The fourth-order valence-corrected chi connectivity index (χ4v) is 2.85. The molecule has 2 N–H and O–H groups in total. The SMILES string of the molecule is NC1(Cc2cscn2)CCCCCC1. The van der Waals surface area contributed by atoms with Gasteiger partial charge in [-0.15, -0.1) is 11.3 Å². The van der Waals surface area contributed by atoms with Crippen molar-refractivity contribution in [2.24, 2.45) is 5.73 Å². The lowest BCUT2D eigenvalue weighted by Crippen LogP contribution is -2.41. The molecule has 1 aromatic heterocycles. The van der Waals surface area contributed by atoms with Crippen molar-refractivity contribution in [1.82, 2.24) is 4.98 Å². The van der Waals surface area contributed by atoms with Crippen molar-refractivity contribution in [3.8, 4) is 0 Å². The van der Waals surface area contributed by atoms with Crippen LogP contribution >= 0.6 is 11.3 Å². The van der Waals surface area contributed by atoms with Crippen LogP contribution in [-0.2, 0) is 6.42 Å². The Morgan fingerprint density at radius 1 is 1.29 bits per heavy atom. The van der Waals surface area contributed by atoms with Gasteiger partial charge in [0.2, 0.25) is 0 Å². The molecular weight excluding hydrogens is 192 g/mol. The van der Waals surface area contributed by atoms with Crippen LogP contribution in [0.1, 0.15) is 44.2 Å². The zero-order valence-corrected chi connectivity index (χ0v) is 9.35. The highest BCUT2D eigenvalue weighted by atomic mass is 32.1. The van der Waals surface area contributed by atoms with Gasteiger partial charge in [-0.3, -0.25) is 0 Å². The van der Waals surface area contributed by atoms with Crippen LogP contribution in [0.5, 0.6) is 0 Å². The number of rotatable bonds is 2. The molecule has 78 valence electrons. The first-order valence-corrected chi connectivity index (χ1v) is 6.39. The number of hydrogen-bond acceptors (Lipinski definition) is 3. The van der Waals surface area contributed by atoms with Crippen molar-refractivity contribution >= 4 is 11.3 Å². The number of hydrogen-bond donors (Lipinski definition) is 1. The Morgan fingerprint density at radius 2 is 2.00 bits per heavy atom. The molecule has 0 spiro atoms. The molecule has 0 aromatic carbocycles. The van der Waals surface area contributed by atoms with Crippen LogP contribution in [0.15, 0.2) is 10.9 Å². The Morgan fingerprint density at radius 3 is 2.57 bits per heavy atom. The van der Waals surface area contributed by atoms with Crippen LogP contribution in [0.2, 0.25) is 0 Å². The lowest BCUT2D eigenvalue weighted by atomic mass is 9.87. The molecule has 3 heteroatoms. The number of nitrogens with two attached hydrogens (primary N) is 1. The van der Waals surface area contributed by atoms with Gasteiger partial charge in [0.25, 0.3) is 0 Å². The van der Waals surface area contributed by atoms with E-state index in [9.17, 15) is 0 Å². The molecule has 0 bridgehead atoms. The topological polar surface area (TPSA) is 38.9 Å². The van der Waals surface area contributed by atoms with Gasteiger partial charge in [-0.2, -0.15) is 0 Å². The van der Waals surface area contributed by atoms with E-state index in [1.165, 1.54) is 44.2 Å². The molecule has 14 heavy (non-hydrogen) atoms. The zero-order valence-electron chi connectivity index (χ0n) is 8.54. The summed E-state index contributed by atoms with van der Waals surface area (Å²) in [5.74, 6) is 0. The lowest BCUT2D eigenvalue weighted by Gasteiger charge is -2.27. The van der Waals surface area contributed by atoms with Gasteiger partial charge in [0.05, 0.1) is 11.2 Å². The van der Waals surface area contributed by atoms with Gasteiger partial charge in [0.1, 0.15) is 0 Å². The molecule has 0 saturated heterocycles. The molecule has 0 amide bonds. The predicted molar refractivity (Wildman–Crippen MR) is 60.4 cm³/mol. The lowest BCUT2D eigenvalue weighted by molar-refractivity contribution is 0.366. The van der Waals surface area contributed by atoms with E-state index in [2.05, 4.69) is 10.4 Å². The molecule has 1 heterocycles. The van der Waals surface area contributed by atoms with E-state index in [-0.39, 0.29) is 5.54 Å². The fourth-order valence-electron chi connectivity index (χ4n) is 2.29. The van der Waals surface area contributed by atoms with E-state index in [0.717, 1.165) is 6.42 Å².